The lowest BCUT2D eigenvalue weighted by Crippen LogP contribution is -2.31. The molecule has 1 atom stereocenters. The predicted octanol–water partition coefficient (Wildman–Crippen LogP) is 2.91. The quantitative estimate of drug-likeness (QED) is 0.904. The molecule has 2 aliphatic heterocycles. The van der Waals surface area contributed by atoms with Gasteiger partial charge in [0.2, 0.25) is 0 Å². The summed E-state index contributed by atoms with van der Waals surface area (Å²) >= 11 is 0. The van der Waals surface area contributed by atoms with Gasteiger partial charge in [-0.25, -0.2) is 0 Å². The zero-order chi connectivity index (χ0) is 13.1. The fraction of sp³-hybridized carbons (Fsp3) is 0.625. The van der Waals surface area contributed by atoms with Crippen molar-refractivity contribution >= 4 is 11.4 Å². The average molecular weight is 260 g/mol. The molecule has 3 rings (SSSR count). The highest BCUT2D eigenvalue weighted by Gasteiger charge is 2.19. The van der Waals surface area contributed by atoms with E-state index in [4.69, 9.17) is 4.74 Å². The van der Waals surface area contributed by atoms with Crippen LogP contribution in [0.15, 0.2) is 18.2 Å². The molecule has 2 aliphatic rings. The van der Waals surface area contributed by atoms with Crippen LogP contribution in [0.25, 0.3) is 0 Å². The van der Waals surface area contributed by atoms with E-state index >= 15 is 0 Å². The van der Waals surface area contributed by atoms with Gasteiger partial charge in [-0.15, -0.1) is 0 Å². The molecule has 2 heterocycles. The summed E-state index contributed by atoms with van der Waals surface area (Å²) in [5.74, 6) is 0.679. The first-order valence-corrected chi connectivity index (χ1v) is 7.49. The van der Waals surface area contributed by atoms with E-state index in [-0.39, 0.29) is 0 Å². The number of anilines is 2. The first kappa shape index (κ1) is 12.8. The number of fused-ring (bicyclic) bond motifs is 1. The molecule has 104 valence electrons. The van der Waals surface area contributed by atoms with E-state index in [0.717, 1.165) is 26.3 Å². The third-order valence-electron chi connectivity index (χ3n) is 4.25. The Bertz CT molecular complexity index is 427. The minimum Gasteiger partial charge on any atom is -0.383 e. The minimum atomic E-state index is 0.679. The van der Waals surface area contributed by atoms with E-state index in [0.29, 0.717) is 5.92 Å². The van der Waals surface area contributed by atoms with Gasteiger partial charge in [0.15, 0.2) is 0 Å². The van der Waals surface area contributed by atoms with Crippen LogP contribution < -0.4 is 10.2 Å². The SMILES string of the molecule is CN(CC1CCCOC1)c1cccc2c1NCCC2. The third kappa shape index (κ3) is 2.86. The van der Waals surface area contributed by atoms with Crippen molar-refractivity contribution in [1.82, 2.24) is 0 Å². The monoisotopic (exact) mass is 260 g/mol. The van der Waals surface area contributed by atoms with Crippen molar-refractivity contribution in [2.24, 2.45) is 5.92 Å². The molecule has 0 amide bonds. The Morgan fingerprint density at radius 1 is 1.37 bits per heavy atom. The maximum atomic E-state index is 5.59. The van der Waals surface area contributed by atoms with E-state index in [2.05, 4.69) is 35.5 Å². The van der Waals surface area contributed by atoms with Gasteiger partial charge in [0.25, 0.3) is 0 Å². The molecule has 0 saturated carbocycles. The number of hydrogen-bond donors (Lipinski definition) is 1. The highest BCUT2D eigenvalue weighted by atomic mass is 16.5. The lowest BCUT2D eigenvalue weighted by Gasteiger charge is -2.31. The second kappa shape index (κ2) is 5.83. The molecule has 19 heavy (non-hydrogen) atoms. The third-order valence-corrected chi connectivity index (χ3v) is 4.25. The summed E-state index contributed by atoms with van der Waals surface area (Å²) in [6, 6.07) is 6.68. The maximum Gasteiger partial charge on any atom is 0.0610 e. The molecule has 0 aromatic heterocycles. The van der Waals surface area contributed by atoms with E-state index in [1.54, 1.807) is 0 Å². The summed E-state index contributed by atoms with van der Waals surface area (Å²) in [5.41, 5.74) is 4.17. The van der Waals surface area contributed by atoms with E-state index in [9.17, 15) is 0 Å². The standard InChI is InChI=1S/C16H24N2O/c1-18(11-13-5-4-10-19-12-13)15-8-2-6-14-7-3-9-17-16(14)15/h2,6,8,13,17H,3-5,7,9-12H2,1H3. The maximum absolute atomic E-state index is 5.59. The van der Waals surface area contributed by atoms with E-state index < -0.39 is 0 Å². The summed E-state index contributed by atoms with van der Waals surface area (Å²) < 4.78 is 5.59. The number of para-hydroxylation sites is 1. The summed E-state index contributed by atoms with van der Waals surface area (Å²) in [5, 5.41) is 3.58. The Balaban J connectivity index is 1.73. The van der Waals surface area contributed by atoms with Crippen molar-refractivity contribution in [2.75, 3.05) is 43.6 Å². The van der Waals surface area contributed by atoms with Crippen molar-refractivity contribution < 1.29 is 4.74 Å². The van der Waals surface area contributed by atoms with Crippen LogP contribution in [-0.2, 0) is 11.2 Å². The van der Waals surface area contributed by atoms with Gasteiger partial charge in [-0.05, 0) is 43.2 Å². The van der Waals surface area contributed by atoms with Crippen molar-refractivity contribution in [3.05, 3.63) is 23.8 Å². The molecule has 1 aromatic carbocycles. The van der Waals surface area contributed by atoms with Gasteiger partial charge in [0.05, 0.1) is 18.0 Å². The summed E-state index contributed by atoms with van der Waals surface area (Å²) in [4.78, 5) is 2.40. The van der Waals surface area contributed by atoms with Gasteiger partial charge in [0, 0.05) is 26.7 Å². The number of ether oxygens (including phenoxy) is 1. The fourth-order valence-corrected chi connectivity index (χ4v) is 3.25. The number of aryl methyl sites for hydroxylation is 1. The molecular formula is C16H24N2O. The van der Waals surface area contributed by atoms with Crippen molar-refractivity contribution in [2.45, 2.75) is 25.7 Å². The summed E-state index contributed by atoms with van der Waals surface area (Å²) in [7, 11) is 2.21. The smallest absolute Gasteiger partial charge is 0.0610 e. The van der Waals surface area contributed by atoms with Gasteiger partial charge in [-0.1, -0.05) is 12.1 Å². The van der Waals surface area contributed by atoms with Crippen molar-refractivity contribution in [3.63, 3.8) is 0 Å². The van der Waals surface area contributed by atoms with Gasteiger partial charge in [-0.2, -0.15) is 0 Å². The number of nitrogens with one attached hydrogen (secondary N) is 1. The number of nitrogens with zero attached hydrogens (tertiary/aromatic N) is 1. The van der Waals surface area contributed by atoms with Crippen LogP contribution in [0.5, 0.6) is 0 Å². The number of rotatable bonds is 3. The minimum absolute atomic E-state index is 0.679. The van der Waals surface area contributed by atoms with Crippen LogP contribution in [0.1, 0.15) is 24.8 Å². The molecule has 1 N–H and O–H groups in total. The predicted molar refractivity (Wildman–Crippen MR) is 80.1 cm³/mol. The molecule has 0 bridgehead atoms. The highest BCUT2D eigenvalue weighted by molar-refractivity contribution is 5.74. The topological polar surface area (TPSA) is 24.5 Å². The second-order valence-corrected chi connectivity index (χ2v) is 5.81. The summed E-state index contributed by atoms with van der Waals surface area (Å²) in [6.45, 7) is 4.07. The first-order valence-electron chi connectivity index (χ1n) is 7.49. The average Bonchev–Trinajstić information content (AvgIpc) is 2.47. The highest BCUT2D eigenvalue weighted by Crippen LogP contribution is 2.33. The van der Waals surface area contributed by atoms with E-state index in [1.165, 1.54) is 42.6 Å². The van der Waals surface area contributed by atoms with E-state index in [1.807, 2.05) is 0 Å². The Hall–Kier alpha value is -1.22. The molecule has 1 saturated heterocycles. The number of benzene rings is 1. The van der Waals surface area contributed by atoms with Crippen LogP contribution in [0, 0.1) is 5.92 Å². The van der Waals surface area contributed by atoms with Crippen molar-refractivity contribution in [3.8, 4) is 0 Å². The summed E-state index contributed by atoms with van der Waals surface area (Å²) in [6.07, 6.45) is 4.96. The molecule has 1 aromatic rings. The number of hydrogen-bond acceptors (Lipinski definition) is 3. The molecule has 3 nitrogen and oxygen atoms in total. The normalized spacial score (nSPS) is 22.5. The Kier molecular flexibility index (Phi) is 3.92. The molecule has 1 unspecified atom stereocenters. The van der Waals surface area contributed by atoms with Crippen LogP contribution in [-0.4, -0.2) is 33.4 Å². The molecule has 0 aliphatic carbocycles. The fourth-order valence-electron chi connectivity index (χ4n) is 3.25. The zero-order valence-electron chi connectivity index (χ0n) is 11.8. The molecule has 0 radical (unpaired) electrons. The molecule has 1 fully saturated rings. The Morgan fingerprint density at radius 2 is 2.32 bits per heavy atom. The molecule has 0 spiro atoms. The Morgan fingerprint density at radius 3 is 3.16 bits per heavy atom. The first-order chi connectivity index (χ1) is 9.34. The molecule has 3 heteroatoms. The van der Waals surface area contributed by atoms with Crippen LogP contribution >= 0.6 is 0 Å². The van der Waals surface area contributed by atoms with Crippen LogP contribution in [0.4, 0.5) is 11.4 Å². The zero-order valence-corrected chi connectivity index (χ0v) is 11.8. The van der Waals surface area contributed by atoms with Gasteiger partial charge < -0.3 is 15.0 Å². The lowest BCUT2D eigenvalue weighted by atomic mass is 9.99. The lowest BCUT2D eigenvalue weighted by molar-refractivity contribution is 0.0576. The Labute approximate surface area is 115 Å². The van der Waals surface area contributed by atoms with Gasteiger partial charge in [-0.3, -0.25) is 0 Å². The van der Waals surface area contributed by atoms with Crippen LogP contribution in [0.3, 0.4) is 0 Å². The van der Waals surface area contributed by atoms with Crippen molar-refractivity contribution in [1.29, 1.82) is 0 Å². The molecular weight excluding hydrogens is 236 g/mol. The largest absolute Gasteiger partial charge is 0.383 e. The second-order valence-electron chi connectivity index (χ2n) is 5.81. The van der Waals surface area contributed by atoms with Gasteiger partial charge >= 0.3 is 0 Å². The van der Waals surface area contributed by atoms with Gasteiger partial charge in [0.1, 0.15) is 0 Å². The van der Waals surface area contributed by atoms with Crippen LogP contribution in [0.2, 0.25) is 0 Å².